The Morgan fingerprint density at radius 3 is 2.08 bits per heavy atom. The molecule has 8 rings (SSSR count). The summed E-state index contributed by atoms with van der Waals surface area (Å²) in [5.74, 6) is 0. The fourth-order valence-electron chi connectivity index (χ4n) is 5.59. The van der Waals surface area contributed by atoms with Crippen LogP contribution in [0.25, 0.3) is 52.9 Å². The Morgan fingerprint density at radius 1 is 0.486 bits per heavy atom. The van der Waals surface area contributed by atoms with E-state index in [2.05, 4.69) is 126 Å². The van der Waals surface area contributed by atoms with Crippen LogP contribution in [0.4, 0.5) is 17.1 Å². The molecule has 0 spiro atoms. The highest BCUT2D eigenvalue weighted by atomic mass is 32.1. The Bertz CT molecular complexity index is 2100. The molecule has 2 aromatic heterocycles. The van der Waals surface area contributed by atoms with Crippen LogP contribution in [-0.2, 0) is 0 Å². The van der Waals surface area contributed by atoms with Gasteiger partial charge in [0, 0.05) is 42.3 Å². The molecule has 0 fully saturated rings. The van der Waals surface area contributed by atoms with Crippen LogP contribution < -0.4 is 4.90 Å². The van der Waals surface area contributed by atoms with Crippen molar-refractivity contribution >= 4 is 81.3 Å². The Morgan fingerprint density at radius 2 is 1.19 bits per heavy atom. The number of rotatable bonds is 3. The van der Waals surface area contributed by atoms with Crippen molar-refractivity contribution in [3.63, 3.8) is 0 Å². The molecule has 0 aliphatic carbocycles. The lowest BCUT2D eigenvalue weighted by atomic mass is 10.0. The normalized spacial score (nSPS) is 11.8. The summed E-state index contributed by atoms with van der Waals surface area (Å²) in [7, 11) is 0. The van der Waals surface area contributed by atoms with Gasteiger partial charge in [-0.1, -0.05) is 84.9 Å². The smallest absolute Gasteiger partial charge is 0.138 e. The van der Waals surface area contributed by atoms with E-state index >= 15 is 0 Å². The molecule has 0 radical (unpaired) electrons. The second-order valence-electron chi connectivity index (χ2n) is 9.37. The summed E-state index contributed by atoms with van der Waals surface area (Å²) in [5, 5.41) is 7.23. The van der Waals surface area contributed by atoms with E-state index in [-0.39, 0.29) is 0 Å². The van der Waals surface area contributed by atoms with E-state index in [4.69, 9.17) is 4.42 Å². The fraction of sp³-hybridized carbons (Fsp3) is 0. The van der Waals surface area contributed by atoms with Gasteiger partial charge in [0.1, 0.15) is 11.2 Å². The number of para-hydroxylation sites is 2. The minimum absolute atomic E-state index is 0.902. The highest BCUT2D eigenvalue weighted by Gasteiger charge is 2.23. The maximum Gasteiger partial charge on any atom is 0.138 e. The van der Waals surface area contributed by atoms with E-state index in [0.717, 1.165) is 44.4 Å². The molecule has 0 aliphatic heterocycles. The molecule has 0 saturated heterocycles. The number of benzene rings is 6. The summed E-state index contributed by atoms with van der Waals surface area (Å²) in [4.78, 5) is 2.40. The Kier molecular flexibility index (Phi) is 4.42. The maximum atomic E-state index is 6.41. The second-order valence-corrected chi connectivity index (χ2v) is 10.5. The second kappa shape index (κ2) is 7.95. The Hall–Kier alpha value is -4.60. The van der Waals surface area contributed by atoms with Gasteiger partial charge in [-0.2, -0.15) is 0 Å². The van der Waals surface area contributed by atoms with Gasteiger partial charge in [-0.25, -0.2) is 0 Å². The van der Waals surface area contributed by atoms with Gasteiger partial charge in [0.15, 0.2) is 0 Å². The third-order valence-corrected chi connectivity index (χ3v) is 8.35. The molecule has 174 valence electrons. The zero-order valence-electron chi connectivity index (χ0n) is 19.9. The topological polar surface area (TPSA) is 16.4 Å². The van der Waals surface area contributed by atoms with E-state index in [1.807, 2.05) is 17.4 Å². The third-order valence-electron chi connectivity index (χ3n) is 7.22. The van der Waals surface area contributed by atoms with Crippen LogP contribution in [0.3, 0.4) is 0 Å². The van der Waals surface area contributed by atoms with Crippen LogP contribution in [0.1, 0.15) is 0 Å². The van der Waals surface area contributed by atoms with Crippen molar-refractivity contribution in [1.29, 1.82) is 0 Å². The molecule has 0 unspecified atom stereocenters. The summed E-state index contributed by atoms with van der Waals surface area (Å²) >= 11 is 1.85. The van der Waals surface area contributed by atoms with Gasteiger partial charge in [0.05, 0.1) is 11.1 Å². The molecule has 0 bridgehead atoms. The highest BCUT2D eigenvalue weighted by Crippen LogP contribution is 2.48. The van der Waals surface area contributed by atoms with E-state index in [1.165, 1.54) is 25.6 Å². The van der Waals surface area contributed by atoms with Crippen molar-refractivity contribution in [3.8, 4) is 0 Å². The number of anilines is 3. The first kappa shape index (κ1) is 20.6. The number of fused-ring (bicyclic) bond motifs is 7. The van der Waals surface area contributed by atoms with Gasteiger partial charge >= 0.3 is 0 Å². The molecule has 6 aromatic carbocycles. The summed E-state index contributed by atoms with van der Waals surface area (Å²) in [6, 6.07) is 45.3. The molecule has 0 atom stereocenters. The van der Waals surface area contributed by atoms with Crippen molar-refractivity contribution < 1.29 is 4.42 Å². The molecule has 37 heavy (non-hydrogen) atoms. The maximum absolute atomic E-state index is 6.41. The Balaban J connectivity index is 1.51. The summed E-state index contributed by atoms with van der Waals surface area (Å²) in [5.41, 5.74) is 5.20. The lowest BCUT2D eigenvalue weighted by Gasteiger charge is -2.27. The molecular weight excluding hydrogens is 470 g/mol. The summed E-state index contributed by atoms with van der Waals surface area (Å²) in [6.07, 6.45) is 0. The van der Waals surface area contributed by atoms with Crippen molar-refractivity contribution in [2.75, 3.05) is 4.90 Å². The number of nitrogens with zero attached hydrogens (tertiary/aromatic N) is 1. The number of hydrogen-bond donors (Lipinski definition) is 0. The molecule has 2 heterocycles. The molecule has 3 heteroatoms. The number of furan rings is 1. The standard InChI is InChI=1S/C34H21NOS/c1-2-11-23(12-3-1)35(24-18-19-27-26-14-7-9-17-31(26)37-32(27)21-24)34-25-13-5-4-10-22(25)20-30-33(34)28-15-6-8-16-29(28)36-30/h1-21H. The molecule has 8 aromatic rings. The fourth-order valence-corrected chi connectivity index (χ4v) is 6.73. The lowest BCUT2D eigenvalue weighted by Crippen LogP contribution is -2.10. The molecule has 0 N–H and O–H groups in total. The molecule has 0 amide bonds. The first-order valence-electron chi connectivity index (χ1n) is 12.4. The molecular formula is C34H21NOS. The average Bonchev–Trinajstić information content (AvgIpc) is 3.51. The predicted molar refractivity (Wildman–Crippen MR) is 159 cm³/mol. The monoisotopic (exact) mass is 491 g/mol. The number of thiophene rings is 1. The van der Waals surface area contributed by atoms with Crippen LogP contribution >= 0.6 is 11.3 Å². The van der Waals surface area contributed by atoms with Crippen LogP contribution in [0.2, 0.25) is 0 Å². The van der Waals surface area contributed by atoms with Crippen LogP contribution in [0.15, 0.2) is 132 Å². The predicted octanol–water partition coefficient (Wildman–Crippen LogP) is 10.6. The van der Waals surface area contributed by atoms with Gasteiger partial charge in [0.2, 0.25) is 0 Å². The molecule has 2 nitrogen and oxygen atoms in total. The lowest BCUT2D eigenvalue weighted by molar-refractivity contribution is 0.669. The first-order valence-corrected chi connectivity index (χ1v) is 13.3. The average molecular weight is 492 g/mol. The molecule has 0 saturated carbocycles. The van der Waals surface area contributed by atoms with Gasteiger partial charge in [-0.05, 0) is 47.9 Å². The summed E-state index contributed by atoms with van der Waals surface area (Å²) in [6.45, 7) is 0. The van der Waals surface area contributed by atoms with Gasteiger partial charge in [-0.3, -0.25) is 0 Å². The van der Waals surface area contributed by atoms with Crippen molar-refractivity contribution in [2.24, 2.45) is 0 Å². The highest BCUT2D eigenvalue weighted by molar-refractivity contribution is 7.25. The van der Waals surface area contributed by atoms with Gasteiger partial charge in [0.25, 0.3) is 0 Å². The molecule has 0 aliphatic rings. The first-order chi connectivity index (χ1) is 18.3. The van der Waals surface area contributed by atoms with Crippen molar-refractivity contribution in [2.45, 2.75) is 0 Å². The van der Waals surface area contributed by atoms with E-state index in [9.17, 15) is 0 Å². The van der Waals surface area contributed by atoms with Crippen molar-refractivity contribution in [3.05, 3.63) is 127 Å². The zero-order valence-corrected chi connectivity index (χ0v) is 20.7. The van der Waals surface area contributed by atoms with Crippen LogP contribution in [0, 0.1) is 0 Å². The van der Waals surface area contributed by atoms with Crippen LogP contribution in [-0.4, -0.2) is 0 Å². The Labute approximate surface area is 217 Å². The van der Waals surface area contributed by atoms with E-state index < -0.39 is 0 Å². The zero-order chi connectivity index (χ0) is 24.3. The van der Waals surface area contributed by atoms with Crippen molar-refractivity contribution in [1.82, 2.24) is 0 Å². The summed E-state index contributed by atoms with van der Waals surface area (Å²) < 4.78 is 9.01. The van der Waals surface area contributed by atoms with Gasteiger partial charge < -0.3 is 9.32 Å². The third kappa shape index (κ3) is 3.11. The van der Waals surface area contributed by atoms with Crippen LogP contribution in [0.5, 0.6) is 0 Å². The SMILES string of the molecule is c1ccc(N(c2ccc3c(c2)sc2ccccc23)c2c3ccccc3cc3oc4ccccc4c23)cc1. The largest absolute Gasteiger partial charge is 0.456 e. The minimum atomic E-state index is 0.902. The number of hydrogen-bond acceptors (Lipinski definition) is 3. The van der Waals surface area contributed by atoms with Gasteiger partial charge in [-0.15, -0.1) is 11.3 Å². The van der Waals surface area contributed by atoms with E-state index in [1.54, 1.807) is 0 Å². The minimum Gasteiger partial charge on any atom is -0.456 e. The quantitative estimate of drug-likeness (QED) is 0.244. The van der Waals surface area contributed by atoms with E-state index in [0.29, 0.717) is 0 Å².